The van der Waals surface area contributed by atoms with E-state index >= 15 is 0 Å². The van der Waals surface area contributed by atoms with Crippen LogP contribution in [-0.2, 0) is 0 Å². The lowest BCUT2D eigenvalue weighted by atomic mass is 10.1. The molecule has 26 heavy (non-hydrogen) atoms. The van der Waals surface area contributed by atoms with Crippen molar-refractivity contribution in [3.05, 3.63) is 79.1 Å². The van der Waals surface area contributed by atoms with Crippen molar-refractivity contribution >= 4 is 40.3 Å². The molecule has 1 aromatic heterocycles. The topological polar surface area (TPSA) is 79.8 Å². The second kappa shape index (κ2) is 7.48. The van der Waals surface area contributed by atoms with Crippen LogP contribution in [0.1, 0.15) is 16.1 Å². The lowest BCUT2D eigenvalue weighted by molar-refractivity contribution is -0.384. The molecule has 0 spiro atoms. The molecule has 0 bridgehead atoms. The number of nitro groups is 1. The molecule has 0 aliphatic heterocycles. The minimum Gasteiger partial charge on any atom is -0.258 e. The normalized spacial score (nSPS) is 11.2. The number of allylic oxidation sites excluding steroid dienone is 1. The first-order valence-corrected chi connectivity index (χ1v) is 8.82. The molecule has 0 aliphatic carbocycles. The average molecular weight is 382 g/mol. The third kappa shape index (κ3) is 3.80. The summed E-state index contributed by atoms with van der Waals surface area (Å²) in [7, 11) is 0. The first kappa shape index (κ1) is 17.8. The molecule has 128 valence electrons. The number of nitriles is 1. The molecule has 0 unspecified atom stereocenters. The van der Waals surface area contributed by atoms with E-state index in [4.69, 9.17) is 11.6 Å². The molecule has 5 nitrogen and oxygen atoms in total. The first-order chi connectivity index (χ1) is 12.5. The van der Waals surface area contributed by atoms with Gasteiger partial charge in [-0.05, 0) is 24.6 Å². The van der Waals surface area contributed by atoms with Crippen LogP contribution >= 0.6 is 22.9 Å². The van der Waals surface area contributed by atoms with E-state index in [2.05, 4.69) is 11.1 Å². The Bertz CT molecular complexity index is 1050. The minimum absolute atomic E-state index is 0.0570. The van der Waals surface area contributed by atoms with Crippen molar-refractivity contribution < 1.29 is 4.92 Å². The number of rotatable bonds is 4. The number of thiazole rings is 1. The number of nitrogens with zero attached hydrogens (tertiary/aromatic N) is 3. The average Bonchev–Trinajstić information content (AvgIpc) is 3.11. The molecule has 0 atom stereocenters. The van der Waals surface area contributed by atoms with Crippen molar-refractivity contribution in [2.75, 3.05) is 0 Å². The fourth-order valence-corrected chi connectivity index (χ4v) is 3.30. The van der Waals surface area contributed by atoms with Crippen LogP contribution in [-0.4, -0.2) is 9.91 Å². The monoisotopic (exact) mass is 381 g/mol. The molecule has 1 heterocycles. The number of hydrogen-bond donors (Lipinski definition) is 0. The van der Waals surface area contributed by atoms with Crippen molar-refractivity contribution in [1.82, 2.24) is 4.98 Å². The quantitative estimate of drug-likeness (QED) is 0.327. The summed E-state index contributed by atoms with van der Waals surface area (Å²) in [5.74, 6) is 0. The van der Waals surface area contributed by atoms with Gasteiger partial charge >= 0.3 is 0 Å². The highest BCUT2D eigenvalue weighted by molar-refractivity contribution is 7.11. The molecule has 0 saturated carbocycles. The van der Waals surface area contributed by atoms with Crippen LogP contribution < -0.4 is 0 Å². The molecule has 0 radical (unpaired) electrons. The largest absolute Gasteiger partial charge is 0.288 e. The highest BCUT2D eigenvalue weighted by atomic mass is 35.5. The maximum atomic E-state index is 11.0. The van der Waals surface area contributed by atoms with E-state index in [-0.39, 0.29) is 10.7 Å². The molecule has 0 amide bonds. The van der Waals surface area contributed by atoms with Gasteiger partial charge in [-0.15, -0.1) is 11.3 Å². The van der Waals surface area contributed by atoms with Crippen LogP contribution in [0.4, 0.5) is 5.69 Å². The van der Waals surface area contributed by atoms with Gasteiger partial charge in [-0.25, -0.2) is 4.98 Å². The number of aromatic nitrogens is 1. The second-order valence-corrected chi connectivity index (χ2v) is 6.81. The predicted octanol–water partition coefficient (Wildman–Crippen LogP) is 5.74. The zero-order valence-corrected chi connectivity index (χ0v) is 15.2. The van der Waals surface area contributed by atoms with Gasteiger partial charge in [0.05, 0.1) is 16.2 Å². The van der Waals surface area contributed by atoms with E-state index < -0.39 is 4.92 Å². The highest BCUT2D eigenvalue weighted by Gasteiger charge is 2.14. The number of aryl methyl sites for hydroxylation is 1. The van der Waals surface area contributed by atoms with Crippen LogP contribution in [0.3, 0.4) is 0 Å². The van der Waals surface area contributed by atoms with E-state index in [0.29, 0.717) is 16.1 Å². The van der Waals surface area contributed by atoms with Crippen molar-refractivity contribution in [3.8, 4) is 17.3 Å². The van der Waals surface area contributed by atoms with Gasteiger partial charge in [0.15, 0.2) is 0 Å². The number of hydrogen-bond acceptors (Lipinski definition) is 5. The molecule has 0 aliphatic rings. The molecule has 7 heteroatoms. The number of halogens is 1. The smallest absolute Gasteiger partial charge is 0.258 e. The van der Waals surface area contributed by atoms with Gasteiger partial charge in [0.25, 0.3) is 5.69 Å². The van der Waals surface area contributed by atoms with Gasteiger partial charge in [0.2, 0.25) is 0 Å². The summed E-state index contributed by atoms with van der Waals surface area (Å²) in [5.41, 5.74) is 3.57. The lowest BCUT2D eigenvalue weighted by Crippen LogP contribution is -1.90. The van der Waals surface area contributed by atoms with Gasteiger partial charge in [-0.2, -0.15) is 5.26 Å². The Kier molecular flexibility index (Phi) is 5.12. The first-order valence-electron chi connectivity index (χ1n) is 7.56. The molecular formula is C19H12ClN3O2S. The summed E-state index contributed by atoms with van der Waals surface area (Å²) in [5, 5.41) is 23.0. The van der Waals surface area contributed by atoms with E-state index in [1.807, 2.05) is 36.6 Å². The van der Waals surface area contributed by atoms with E-state index in [9.17, 15) is 15.4 Å². The molecule has 0 N–H and O–H groups in total. The minimum atomic E-state index is -0.551. The highest BCUT2D eigenvalue weighted by Crippen LogP contribution is 2.30. The SMILES string of the molecule is Cc1ccc(-c2csc(/C(C#N)=C/c3ccc(Cl)c([N+](=O)[O-])c3)n2)cc1. The number of benzene rings is 2. The standard InChI is InChI=1S/C19H12ClN3O2S/c1-12-2-5-14(6-3-12)17-11-26-19(22-17)15(10-21)8-13-4-7-16(20)18(9-13)23(24)25/h2-9,11H,1H3/b15-8+. The second-order valence-electron chi connectivity index (χ2n) is 5.54. The summed E-state index contributed by atoms with van der Waals surface area (Å²) < 4.78 is 0. The molecule has 0 saturated heterocycles. The predicted molar refractivity (Wildman–Crippen MR) is 104 cm³/mol. The fraction of sp³-hybridized carbons (Fsp3) is 0.0526. The third-order valence-corrected chi connectivity index (χ3v) is 4.88. The van der Waals surface area contributed by atoms with Crippen molar-refractivity contribution in [3.63, 3.8) is 0 Å². The van der Waals surface area contributed by atoms with Crippen molar-refractivity contribution in [2.45, 2.75) is 6.92 Å². The molecular weight excluding hydrogens is 370 g/mol. The maximum absolute atomic E-state index is 11.0. The molecule has 3 aromatic rings. The van der Waals surface area contributed by atoms with E-state index in [1.54, 1.807) is 12.1 Å². The number of nitro benzene ring substituents is 1. The van der Waals surface area contributed by atoms with Gasteiger partial charge in [-0.3, -0.25) is 10.1 Å². The maximum Gasteiger partial charge on any atom is 0.288 e. The fourth-order valence-electron chi connectivity index (χ4n) is 2.32. The van der Waals surface area contributed by atoms with Crippen LogP contribution in [0.25, 0.3) is 22.9 Å². The van der Waals surface area contributed by atoms with Crippen LogP contribution in [0, 0.1) is 28.4 Å². The van der Waals surface area contributed by atoms with Crippen LogP contribution in [0.15, 0.2) is 47.8 Å². The van der Waals surface area contributed by atoms with Gasteiger partial charge in [0.1, 0.15) is 16.1 Å². The van der Waals surface area contributed by atoms with Crippen LogP contribution in [0.2, 0.25) is 5.02 Å². The molecule has 2 aromatic carbocycles. The van der Waals surface area contributed by atoms with Crippen molar-refractivity contribution in [2.24, 2.45) is 0 Å². The summed E-state index contributed by atoms with van der Waals surface area (Å²) in [6, 6.07) is 14.5. The summed E-state index contributed by atoms with van der Waals surface area (Å²) >= 11 is 7.18. The van der Waals surface area contributed by atoms with E-state index in [0.717, 1.165) is 16.8 Å². The zero-order chi connectivity index (χ0) is 18.7. The Hall–Kier alpha value is -3.01. The summed E-state index contributed by atoms with van der Waals surface area (Å²) in [6.07, 6.45) is 1.57. The molecule has 3 rings (SSSR count). The van der Waals surface area contributed by atoms with Crippen LogP contribution in [0.5, 0.6) is 0 Å². The Morgan fingerprint density at radius 2 is 2.04 bits per heavy atom. The Labute approximate surface area is 159 Å². The van der Waals surface area contributed by atoms with E-state index in [1.165, 1.54) is 23.5 Å². The van der Waals surface area contributed by atoms with Gasteiger partial charge < -0.3 is 0 Å². The lowest BCUT2D eigenvalue weighted by Gasteiger charge is -1.99. The molecule has 0 fully saturated rings. The summed E-state index contributed by atoms with van der Waals surface area (Å²) in [4.78, 5) is 15.0. The third-order valence-electron chi connectivity index (χ3n) is 3.68. The Balaban J connectivity index is 1.96. The Morgan fingerprint density at radius 1 is 1.31 bits per heavy atom. The zero-order valence-electron chi connectivity index (χ0n) is 13.6. The van der Waals surface area contributed by atoms with Gasteiger partial charge in [-0.1, -0.05) is 47.5 Å². The summed E-state index contributed by atoms with van der Waals surface area (Å²) in [6.45, 7) is 2.01. The van der Waals surface area contributed by atoms with Gasteiger partial charge in [0, 0.05) is 17.0 Å². The Morgan fingerprint density at radius 3 is 2.69 bits per heavy atom. The van der Waals surface area contributed by atoms with Crippen molar-refractivity contribution in [1.29, 1.82) is 5.26 Å².